The SMILES string of the molecule is CC(C)(C)OC(=O)N1CCC[C@H]1C(=O)CN(C(=O)Oc1ccc([N+](=O)[O-])cc1)C1CC1. The summed E-state index contributed by atoms with van der Waals surface area (Å²) in [6, 6.07) is 4.43. The van der Waals surface area contributed by atoms with Gasteiger partial charge < -0.3 is 9.47 Å². The van der Waals surface area contributed by atoms with Crippen LogP contribution in [0.3, 0.4) is 0 Å². The van der Waals surface area contributed by atoms with Crippen LogP contribution in [0, 0.1) is 10.1 Å². The van der Waals surface area contributed by atoms with Gasteiger partial charge in [-0.2, -0.15) is 0 Å². The van der Waals surface area contributed by atoms with Crippen molar-refractivity contribution in [3.05, 3.63) is 34.4 Å². The van der Waals surface area contributed by atoms with Crippen molar-refractivity contribution in [2.75, 3.05) is 13.1 Å². The molecule has 2 amide bonds. The fourth-order valence-electron chi connectivity index (χ4n) is 3.44. The molecule has 10 nitrogen and oxygen atoms in total. The summed E-state index contributed by atoms with van der Waals surface area (Å²) < 4.78 is 10.7. The minimum Gasteiger partial charge on any atom is -0.444 e. The molecule has 3 rings (SSSR count). The van der Waals surface area contributed by atoms with Crippen LogP contribution in [0.25, 0.3) is 0 Å². The van der Waals surface area contributed by atoms with Crippen LogP contribution in [0.2, 0.25) is 0 Å². The summed E-state index contributed by atoms with van der Waals surface area (Å²) in [7, 11) is 0. The summed E-state index contributed by atoms with van der Waals surface area (Å²) in [6.07, 6.45) is 1.52. The molecule has 0 bridgehead atoms. The van der Waals surface area contributed by atoms with Gasteiger partial charge in [0.15, 0.2) is 5.78 Å². The Kier molecular flexibility index (Phi) is 6.47. The average Bonchev–Trinajstić information content (AvgIpc) is 3.39. The standard InChI is InChI=1S/C21H27N3O7/c1-21(2,3)31-20(27)22-12-4-5-17(22)18(25)13-23(14-6-7-14)19(26)30-16-10-8-15(9-11-16)24(28)29/h8-11,14,17H,4-7,12-13H2,1-3H3/t17-/m0/s1. The highest BCUT2D eigenvalue weighted by Crippen LogP contribution is 2.29. The molecular weight excluding hydrogens is 406 g/mol. The van der Waals surface area contributed by atoms with Crippen molar-refractivity contribution in [3.8, 4) is 5.75 Å². The molecule has 0 spiro atoms. The Bertz CT molecular complexity index is 859. The fraction of sp³-hybridized carbons (Fsp3) is 0.571. The predicted octanol–water partition coefficient (Wildman–Crippen LogP) is 3.53. The summed E-state index contributed by atoms with van der Waals surface area (Å²) in [6.45, 7) is 5.56. The monoisotopic (exact) mass is 433 g/mol. The van der Waals surface area contributed by atoms with E-state index in [1.807, 2.05) is 0 Å². The Morgan fingerprint density at radius 3 is 2.35 bits per heavy atom. The van der Waals surface area contributed by atoms with Crippen LogP contribution in [-0.2, 0) is 9.53 Å². The van der Waals surface area contributed by atoms with Gasteiger partial charge >= 0.3 is 12.2 Å². The van der Waals surface area contributed by atoms with Crippen molar-refractivity contribution in [2.45, 2.75) is 64.1 Å². The van der Waals surface area contributed by atoms with Crippen LogP contribution in [0.1, 0.15) is 46.5 Å². The number of Topliss-reactive ketones (excluding diaryl/α,β-unsaturated/α-hetero) is 1. The molecule has 1 saturated carbocycles. The normalized spacial score (nSPS) is 18.4. The minimum absolute atomic E-state index is 0.0918. The predicted molar refractivity (Wildman–Crippen MR) is 110 cm³/mol. The largest absolute Gasteiger partial charge is 0.444 e. The maximum absolute atomic E-state index is 13.0. The number of ether oxygens (including phenoxy) is 2. The molecule has 1 atom stereocenters. The van der Waals surface area contributed by atoms with E-state index in [0.717, 1.165) is 12.8 Å². The van der Waals surface area contributed by atoms with Crippen molar-refractivity contribution in [3.63, 3.8) is 0 Å². The van der Waals surface area contributed by atoms with E-state index in [0.29, 0.717) is 19.4 Å². The number of non-ortho nitro benzene ring substituents is 1. The van der Waals surface area contributed by atoms with E-state index in [9.17, 15) is 24.5 Å². The van der Waals surface area contributed by atoms with Crippen molar-refractivity contribution in [1.29, 1.82) is 0 Å². The van der Waals surface area contributed by atoms with Gasteiger partial charge in [-0.3, -0.25) is 24.7 Å². The molecule has 0 unspecified atom stereocenters. The number of carbonyl (C=O) groups is 3. The molecule has 1 heterocycles. The van der Waals surface area contributed by atoms with Crippen molar-refractivity contribution < 1.29 is 28.8 Å². The summed E-state index contributed by atoms with van der Waals surface area (Å²) in [5.74, 6) is -0.0825. The fourth-order valence-corrected chi connectivity index (χ4v) is 3.44. The van der Waals surface area contributed by atoms with Gasteiger partial charge in [0.25, 0.3) is 5.69 Å². The Hall–Kier alpha value is -3.17. The second-order valence-electron chi connectivity index (χ2n) is 8.78. The zero-order valence-electron chi connectivity index (χ0n) is 17.9. The lowest BCUT2D eigenvalue weighted by Gasteiger charge is -2.29. The highest BCUT2D eigenvalue weighted by molar-refractivity contribution is 5.91. The van der Waals surface area contributed by atoms with Crippen molar-refractivity contribution >= 4 is 23.7 Å². The quantitative estimate of drug-likeness (QED) is 0.497. The van der Waals surface area contributed by atoms with Gasteiger partial charge in [0.2, 0.25) is 0 Å². The van der Waals surface area contributed by atoms with Crippen LogP contribution in [0.15, 0.2) is 24.3 Å². The molecule has 1 saturated heterocycles. The van der Waals surface area contributed by atoms with Gasteiger partial charge in [0.1, 0.15) is 11.4 Å². The number of hydrogen-bond acceptors (Lipinski definition) is 7. The first-order valence-electron chi connectivity index (χ1n) is 10.3. The van der Waals surface area contributed by atoms with Crippen LogP contribution in [0.5, 0.6) is 5.75 Å². The van der Waals surface area contributed by atoms with Gasteiger partial charge in [-0.15, -0.1) is 0 Å². The maximum atomic E-state index is 13.0. The molecule has 0 N–H and O–H groups in total. The molecule has 168 valence electrons. The lowest BCUT2D eigenvalue weighted by atomic mass is 10.1. The number of hydrogen-bond donors (Lipinski definition) is 0. The second-order valence-corrected chi connectivity index (χ2v) is 8.78. The third-order valence-corrected chi connectivity index (χ3v) is 5.05. The van der Waals surface area contributed by atoms with Crippen molar-refractivity contribution in [1.82, 2.24) is 9.80 Å². The minimum atomic E-state index is -0.688. The molecule has 10 heteroatoms. The Morgan fingerprint density at radius 2 is 1.81 bits per heavy atom. The van der Waals surface area contributed by atoms with E-state index in [4.69, 9.17) is 9.47 Å². The number of rotatable bonds is 6. The van der Waals surface area contributed by atoms with E-state index in [1.165, 1.54) is 34.1 Å². The zero-order chi connectivity index (χ0) is 22.8. The third-order valence-electron chi connectivity index (χ3n) is 5.05. The number of likely N-dealkylation sites (tertiary alicyclic amines) is 1. The van der Waals surface area contributed by atoms with Gasteiger partial charge in [0.05, 0.1) is 17.5 Å². The first kappa shape index (κ1) is 22.5. The van der Waals surface area contributed by atoms with Crippen LogP contribution >= 0.6 is 0 Å². The molecule has 0 aromatic heterocycles. The topological polar surface area (TPSA) is 119 Å². The smallest absolute Gasteiger partial charge is 0.415 e. The number of amides is 2. The summed E-state index contributed by atoms with van der Waals surface area (Å²) in [5.41, 5.74) is -0.778. The molecule has 31 heavy (non-hydrogen) atoms. The number of ketones is 1. The number of nitro groups is 1. The Morgan fingerprint density at radius 1 is 1.16 bits per heavy atom. The summed E-state index contributed by atoms with van der Waals surface area (Å²) >= 11 is 0. The number of carbonyl (C=O) groups excluding carboxylic acids is 3. The van der Waals surface area contributed by atoms with E-state index >= 15 is 0 Å². The Labute approximate surface area is 180 Å². The molecule has 1 aromatic carbocycles. The first-order chi connectivity index (χ1) is 14.5. The molecule has 2 aliphatic rings. The van der Waals surface area contributed by atoms with Gasteiger partial charge in [-0.25, -0.2) is 9.59 Å². The molecule has 0 radical (unpaired) electrons. The number of nitrogens with zero attached hydrogens (tertiary/aromatic N) is 3. The highest BCUT2D eigenvalue weighted by Gasteiger charge is 2.40. The maximum Gasteiger partial charge on any atom is 0.415 e. The first-order valence-corrected chi connectivity index (χ1v) is 10.3. The van der Waals surface area contributed by atoms with Gasteiger partial charge in [0, 0.05) is 24.7 Å². The number of benzene rings is 1. The zero-order valence-corrected chi connectivity index (χ0v) is 17.9. The summed E-state index contributed by atoms with van der Waals surface area (Å²) in [5, 5.41) is 10.8. The van der Waals surface area contributed by atoms with E-state index in [-0.39, 0.29) is 29.8 Å². The second kappa shape index (κ2) is 8.91. The molecule has 1 aliphatic carbocycles. The van der Waals surface area contributed by atoms with Gasteiger partial charge in [-0.05, 0) is 58.6 Å². The van der Waals surface area contributed by atoms with Gasteiger partial charge in [-0.1, -0.05) is 0 Å². The van der Waals surface area contributed by atoms with E-state index < -0.39 is 28.8 Å². The van der Waals surface area contributed by atoms with E-state index in [2.05, 4.69) is 0 Å². The Balaban J connectivity index is 1.64. The average molecular weight is 433 g/mol. The number of nitro benzene ring substituents is 1. The molecule has 1 aliphatic heterocycles. The van der Waals surface area contributed by atoms with Crippen LogP contribution in [0.4, 0.5) is 15.3 Å². The molecule has 1 aromatic rings. The molecular formula is C21H27N3O7. The van der Waals surface area contributed by atoms with Crippen LogP contribution in [-0.4, -0.2) is 63.5 Å². The van der Waals surface area contributed by atoms with Crippen LogP contribution < -0.4 is 4.74 Å². The van der Waals surface area contributed by atoms with Crippen molar-refractivity contribution in [2.24, 2.45) is 0 Å². The summed E-state index contributed by atoms with van der Waals surface area (Å²) in [4.78, 5) is 51.1. The lowest BCUT2D eigenvalue weighted by Crippen LogP contribution is -2.48. The van der Waals surface area contributed by atoms with E-state index in [1.54, 1.807) is 20.8 Å². The lowest BCUT2D eigenvalue weighted by molar-refractivity contribution is -0.384. The molecule has 2 fully saturated rings. The highest BCUT2D eigenvalue weighted by atomic mass is 16.6. The third kappa shape index (κ3) is 5.93.